The van der Waals surface area contributed by atoms with E-state index in [1.807, 2.05) is 12.1 Å². The fraction of sp³-hybridized carbons (Fsp3) is 0.409. The van der Waals surface area contributed by atoms with E-state index in [-0.39, 0.29) is 17.8 Å². The second kappa shape index (κ2) is 10.7. The number of carbonyl (C=O) groups excluding carboxylic acids is 1. The Morgan fingerprint density at radius 2 is 1.81 bits per heavy atom. The normalized spacial score (nSPS) is 11.9. The molecule has 2 aromatic rings. The van der Waals surface area contributed by atoms with Crippen LogP contribution in [0.1, 0.15) is 31.9 Å². The van der Waals surface area contributed by atoms with Crippen molar-refractivity contribution in [1.82, 2.24) is 5.32 Å². The summed E-state index contributed by atoms with van der Waals surface area (Å²) < 4.78 is 39.3. The number of hydrogen-bond acceptors (Lipinski definition) is 4. The number of thioether (sulfide) groups is 1. The first-order valence-corrected chi connectivity index (χ1v) is 13.1. The molecule has 0 spiro atoms. The third-order valence-electron chi connectivity index (χ3n) is 4.59. The van der Waals surface area contributed by atoms with Gasteiger partial charge in [0.05, 0.1) is 11.9 Å². The molecule has 0 aliphatic carbocycles. The number of carbonyl (C=O) groups is 1. The number of benzene rings is 2. The average molecular weight is 487 g/mol. The van der Waals surface area contributed by atoms with Crippen LogP contribution in [0.5, 0.6) is 0 Å². The van der Waals surface area contributed by atoms with Crippen molar-refractivity contribution in [1.29, 1.82) is 0 Å². The minimum atomic E-state index is -3.63. The van der Waals surface area contributed by atoms with Crippen LogP contribution in [0.15, 0.2) is 42.5 Å². The molecule has 0 saturated carbocycles. The van der Waals surface area contributed by atoms with Gasteiger partial charge in [-0.15, -0.1) is 0 Å². The van der Waals surface area contributed by atoms with Crippen molar-refractivity contribution in [2.75, 3.05) is 29.4 Å². The zero-order chi connectivity index (χ0) is 23.2. The third-order valence-corrected chi connectivity index (χ3v) is 7.07. The summed E-state index contributed by atoms with van der Waals surface area (Å²) in [5.74, 6) is 0.159. The van der Waals surface area contributed by atoms with E-state index < -0.39 is 15.9 Å². The molecule has 0 bridgehead atoms. The molecule has 0 unspecified atom stereocenters. The molecule has 0 radical (unpaired) electrons. The van der Waals surface area contributed by atoms with Crippen molar-refractivity contribution in [3.05, 3.63) is 64.4 Å². The van der Waals surface area contributed by atoms with E-state index in [2.05, 4.69) is 26.1 Å². The van der Waals surface area contributed by atoms with E-state index in [0.717, 1.165) is 16.1 Å². The van der Waals surface area contributed by atoms with Gasteiger partial charge < -0.3 is 5.32 Å². The predicted octanol–water partition coefficient (Wildman–Crippen LogP) is 4.59. The maximum Gasteiger partial charge on any atom is 0.240 e. The van der Waals surface area contributed by atoms with Crippen LogP contribution in [0.4, 0.5) is 10.1 Å². The number of nitrogens with one attached hydrogen (secondary N) is 1. The van der Waals surface area contributed by atoms with E-state index >= 15 is 0 Å². The number of sulfonamides is 1. The molecule has 0 aromatic heterocycles. The Morgan fingerprint density at radius 3 is 2.35 bits per heavy atom. The molecule has 0 heterocycles. The zero-order valence-electron chi connectivity index (χ0n) is 18.1. The molecule has 1 N–H and O–H groups in total. The summed E-state index contributed by atoms with van der Waals surface area (Å²) in [7, 11) is -3.63. The van der Waals surface area contributed by atoms with Gasteiger partial charge in [0.2, 0.25) is 15.9 Å². The number of amides is 1. The first kappa shape index (κ1) is 25.5. The Morgan fingerprint density at radius 1 is 1.16 bits per heavy atom. The van der Waals surface area contributed by atoms with Crippen LogP contribution >= 0.6 is 23.4 Å². The van der Waals surface area contributed by atoms with Gasteiger partial charge in [-0.05, 0) is 35.2 Å². The lowest BCUT2D eigenvalue weighted by Crippen LogP contribution is -2.41. The van der Waals surface area contributed by atoms with E-state index in [0.29, 0.717) is 34.3 Å². The molecule has 0 aliphatic heterocycles. The maximum atomic E-state index is 13.8. The summed E-state index contributed by atoms with van der Waals surface area (Å²) in [6.45, 7) is 6.24. The molecule has 170 valence electrons. The summed E-state index contributed by atoms with van der Waals surface area (Å²) in [6, 6.07) is 11.7. The summed E-state index contributed by atoms with van der Waals surface area (Å²) in [5.41, 5.74) is 1.88. The molecule has 2 aromatic carbocycles. The van der Waals surface area contributed by atoms with E-state index in [1.165, 1.54) is 17.8 Å². The second-order valence-electron chi connectivity index (χ2n) is 8.17. The Bertz CT molecular complexity index is 986. The number of nitrogens with zero attached hydrogens (tertiary/aromatic N) is 1. The Hall–Kier alpha value is -1.77. The molecule has 0 aliphatic rings. The predicted molar refractivity (Wildman–Crippen MR) is 128 cm³/mol. The fourth-order valence-corrected chi connectivity index (χ4v) is 4.87. The molecule has 31 heavy (non-hydrogen) atoms. The molecular weight excluding hydrogens is 459 g/mol. The summed E-state index contributed by atoms with van der Waals surface area (Å²) >= 11 is 7.43. The van der Waals surface area contributed by atoms with Gasteiger partial charge in [-0.2, -0.15) is 11.8 Å². The van der Waals surface area contributed by atoms with Crippen molar-refractivity contribution in [2.45, 2.75) is 31.9 Å². The summed E-state index contributed by atoms with van der Waals surface area (Å²) in [6.07, 6.45) is 1.08. The van der Waals surface area contributed by atoms with Crippen LogP contribution < -0.4 is 9.62 Å². The quantitative estimate of drug-likeness (QED) is 0.526. The molecule has 0 saturated heterocycles. The van der Waals surface area contributed by atoms with E-state index in [9.17, 15) is 17.6 Å². The second-order valence-corrected chi connectivity index (χ2v) is 11.6. The van der Waals surface area contributed by atoms with Gasteiger partial charge in [0.1, 0.15) is 12.4 Å². The van der Waals surface area contributed by atoms with E-state index in [4.69, 9.17) is 11.6 Å². The van der Waals surface area contributed by atoms with Gasteiger partial charge in [0.25, 0.3) is 0 Å². The minimum absolute atomic E-state index is 0.0591. The first-order valence-electron chi connectivity index (χ1n) is 9.75. The van der Waals surface area contributed by atoms with Crippen molar-refractivity contribution in [2.24, 2.45) is 0 Å². The Kier molecular flexibility index (Phi) is 8.80. The largest absolute Gasteiger partial charge is 0.354 e. The molecular formula is C22H28ClFN2O3S2. The molecule has 0 atom stereocenters. The van der Waals surface area contributed by atoms with Gasteiger partial charge in [-0.25, -0.2) is 12.8 Å². The van der Waals surface area contributed by atoms with E-state index in [1.54, 1.807) is 24.3 Å². The van der Waals surface area contributed by atoms with Crippen LogP contribution in [0.2, 0.25) is 5.02 Å². The van der Waals surface area contributed by atoms with Gasteiger partial charge in [0.15, 0.2) is 0 Å². The molecule has 0 fully saturated rings. The van der Waals surface area contributed by atoms with Gasteiger partial charge in [-0.1, -0.05) is 50.6 Å². The van der Waals surface area contributed by atoms with Crippen molar-refractivity contribution < 1.29 is 17.6 Å². The molecule has 2 rings (SSSR count). The highest BCUT2D eigenvalue weighted by Crippen LogP contribution is 2.26. The topological polar surface area (TPSA) is 66.5 Å². The average Bonchev–Trinajstić information content (AvgIpc) is 2.66. The zero-order valence-corrected chi connectivity index (χ0v) is 20.5. The fourth-order valence-electron chi connectivity index (χ4n) is 2.82. The highest BCUT2D eigenvalue weighted by atomic mass is 35.5. The number of halogens is 2. The Balaban J connectivity index is 1.90. The summed E-state index contributed by atoms with van der Waals surface area (Å²) in [4.78, 5) is 12.3. The highest BCUT2D eigenvalue weighted by molar-refractivity contribution is 7.98. The summed E-state index contributed by atoms with van der Waals surface area (Å²) in [5, 5.41) is 3.09. The van der Waals surface area contributed by atoms with Gasteiger partial charge in [-0.3, -0.25) is 9.10 Å². The number of rotatable bonds is 9. The van der Waals surface area contributed by atoms with Gasteiger partial charge in [0, 0.05) is 28.6 Å². The smallest absolute Gasteiger partial charge is 0.240 e. The lowest BCUT2D eigenvalue weighted by Gasteiger charge is -2.24. The van der Waals surface area contributed by atoms with Gasteiger partial charge >= 0.3 is 0 Å². The van der Waals surface area contributed by atoms with Crippen molar-refractivity contribution in [3.63, 3.8) is 0 Å². The minimum Gasteiger partial charge on any atom is -0.354 e. The third kappa shape index (κ3) is 7.70. The molecule has 1 amide bonds. The monoisotopic (exact) mass is 486 g/mol. The van der Waals surface area contributed by atoms with Crippen LogP contribution in [0, 0.1) is 5.82 Å². The van der Waals surface area contributed by atoms with Crippen molar-refractivity contribution >= 4 is 45.0 Å². The first-order chi connectivity index (χ1) is 14.4. The lowest BCUT2D eigenvalue weighted by atomic mass is 9.87. The lowest BCUT2D eigenvalue weighted by molar-refractivity contribution is -0.119. The SMILES string of the molecule is CC(C)(C)c1ccc(N(CC(=O)NCCSCc2c(F)cccc2Cl)S(C)(=O)=O)cc1. The number of anilines is 1. The van der Waals surface area contributed by atoms with Crippen molar-refractivity contribution in [3.8, 4) is 0 Å². The maximum absolute atomic E-state index is 13.8. The van der Waals surface area contributed by atoms with Crippen LogP contribution in [-0.2, 0) is 26.0 Å². The van der Waals surface area contributed by atoms with Crippen LogP contribution in [-0.4, -0.2) is 39.4 Å². The number of hydrogen-bond donors (Lipinski definition) is 1. The standard InChI is InChI=1S/C22H28ClFN2O3S2/c1-22(2,3)16-8-10-17(11-9-16)26(31(4,28)29)14-21(27)25-12-13-30-15-18-19(23)6-5-7-20(18)24/h5-11H,12-15H2,1-4H3,(H,25,27). The van der Waals surface area contributed by atoms with Crippen LogP contribution in [0.25, 0.3) is 0 Å². The molecule has 9 heteroatoms. The van der Waals surface area contributed by atoms with Crippen LogP contribution in [0.3, 0.4) is 0 Å². The Labute approximate surface area is 193 Å². The highest BCUT2D eigenvalue weighted by Gasteiger charge is 2.22. The molecule has 5 nitrogen and oxygen atoms in total.